The van der Waals surface area contributed by atoms with Crippen LogP contribution in [-0.2, 0) is 11.8 Å². The van der Waals surface area contributed by atoms with Crippen molar-refractivity contribution in [2.45, 2.75) is 12.5 Å². The number of amides is 1. The summed E-state index contributed by atoms with van der Waals surface area (Å²) >= 11 is 0. The fraction of sp³-hybridized carbons (Fsp3) is 0.308. The number of aromatic nitrogens is 4. The number of carbonyl (C=O) groups is 1. The quantitative estimate of drug-likeness (QED) is 0.869. The highest BCUT2D eigenvalue weighted by molar-refractivity contribution is 5.96. The maximum atomic E-state index is 12.1. The third-order valence-corrected chi connectivity index (χ3v) is 3.24. The van der Waals surface area contributed by atoms with Crippen LogP contribution in [0, 0.1) is 11.3 Å². The molecule has 0 spiro atoms. The second-order valence-corrected chi connectivity index (χ2v) is 4.80. The van der Waals surface area contributed by atoms with Crippen molar-refractivity contribution < 1.29 is 4.79 Å². The highest BCUT2D eigenvalue weighted by Crippen LogP contribution is 2.22. The minimum atomic E-state index is -0.0563. The third-order valence-electron chi connectivity index (χ3n) is 3.24. The molecule has 2 aromatic heterocycles. The Morgan fingerprint density at radius 1 is 1.52 bits per heavy atom. The molecule has 2 aromatic rings. The Kier molecular flexibility index (Phi) is 3.23. The fourth-order valence-electron chi connectivity index (χ4n) is 2.30. The lowest BCUT2D eigenvalue weighted by Gasteiger charge is -2.15. The Morgan fingerprint density at radius 2 is 2.38 bits per heavy atom. The van der Waals surface area contributed by atoms with E-state index in [1.165, 1.54) is 6.20 Å². The van der Waals surface area contributed by atoms with Crippen LogP contribution in [-0.4, -0.2) is 38.2 Å². The lowest BCUT2D eigenvalue weighted by Crippen LogP contribution is -2.27. The molecule has 1 aliphatic heterocycles. The fourth-order valence-corrected chi connectivity index (χ4v) is 2.30. The average molecular weight is 283 g/mol. The van der Waals surface area contributed by atoms with Crippen molar-refractivity contribution >= 4 is 17.4 Å². The lowest BCUT2D eigenvalue weighted by molar-refractivity contribution is -0.117. The predicted octanol–water partition coefficient (Wildman–Crippen LogP) is 0.299. The van der Waals surface area contributed by atoms with Gasteiger partial charge in [0, 0.05) is 32.4 Å². The molecule has 1 saturated heterocycles. The largest absolute Gasteiger partial charge is 0.365 e. The van der Waals surface area contributed by atoms with E-state index in [-0.39, 0.29) is 17.8 Å². The number of nitrogens with one attached hydrogen (secondary N) is 1. The molecule has 106 valence electrons. The first-order valence-electron chi connectivity index (χ1n) is 6.44. The van der Waals surface area contributed by atoms with Gasteiger partial charge in [-0.3, -0.25) is 9.48 Å². The minimum absolute atomic E-state index is 0.0371. The van der Waals surface area contributed by atoms with Crippen molar-refractivity contribution in [3.8, 4) is 6.07 Å². The second kappa shape index (κ2) is 5.20. The zero-order chi connectivity index (χ0) is 14.8. The maximum Gasteiger partial charge on any atom is 0.234 e. The number of rotatable bonds is 3. The van der Waals surface area contributed by atoms with Crippen molar-refractivity contribution in [3.05, 3.63) is 30.5 Å². The molecule has 1 unspecified atom stereocenters. The summed E-state index contributed by atoms with van der Waals surface area (Å²) < 4.78 is 1.66. The van der Waals surface area contributed by atoms with Crippen LogP contribution >= 0.6 is 0 Å². The lowest BCUT2D eigenvalue weighted by atomic mass is 10.2. The first kappa shape index (κ1) is 13.1. The van der Waals surface area contributed by atoms with Gasteiger partial charge in [0.05, 0.1) is 17.9 Å². The zero-order valence-corrected chi connectivity index (χ0v) is 11.4. The van der Waals surface area contributed by atoms with Gasteiger partial charge in [-0.15, -0.1) is 0 Å². The third kappa shape index (κ3) is 2.67. The first-order chi connectivity index (χ1) is 10.2. The van der Waals surface area contributed by atoms with Crippen LogP contribution in [0.2, 0.25) is 0 Å². The highest BCUT2D eigenvalue weighted by atomic mass is 16.2. The molecule has 0 aliphatic carbocycles. The van der Waals surface area contributed by atoms with Crippen molar-refractivity contribution in [3.63, 3.8) is 0 Å². The molecule has 1 atom stereocenters. The minimum Gasteiger partial charge on any atom is -0.365 e. The summed E-state index contributed by atoms with van der Waals surface area (Å²) in [4.78, 5) is 21.6. The van der Waals surface area contributed by atoms with Gasteiger partial charge in [-0.25, -0.2) is 9.97 Å². The number of aryl methyl sites for hydroxylation is 1. The van der Waals surface area contributed by atoms with Crippen LogP contribution < -0.4 is 10.2 Å². The molecule has 8 heteroatoms. The van der Waals surface area contributed by atoms with Gasteiger partial charge in [0.25, 0.3) is 0 Å². The summed E-state index contributed by atoms with van der Waals surface area (Å²) in [6, 6.07) is 3.51. The topological polar surface area (TPSA) is 99.7 Å². The van der Waals surface area contributed by atoms with Crippen LogP contribution in [0.3, 0.4) is 0 Å². The number of nitriles is 1. The Hall–Kier alpha value is -2.95. The number of carbonyl (C=O) groups excluding carboxylic acids is 1. The summed E-state index contributed by atoms with van der Waals surface area (Å²) in [7, 11) is 1.81. The van der Waals surface area contributed by atoms with Gasteiger partial charge in [-0.1, -0.05) is 0 Å². The molecular weight excluding hydrogens is 270 g/mol. The number of nitrogens with zero attached hydrogens (tertiary/aromatic N) is 6. The van der Waals surface area contributed by atoms with Gasteiger partial charge in [-0.05, 0) is 6.07 Å². The second-order valence-electron chi connectivity index (χ2n) is 4.80. The Balaban J connectivity index is 1.71. The summed E-state index contributed by atoms with van der Waals surface area (Å²) in [6.45, 7) is 0.538. The van der Waals surface area contributed by atoms with E-state index in [4.69, 9.17) is 5.26 Å². The van der Waals surface area contributed by atoms with E-state index in [1.807, 2.05) is 13.1 Å². The van der Waals surface area contributed by atoms with Gasteiger partial charge >= 0.3 is 0 Å². The van der Waals surface area contributed by atoms with Crippen molar-refractivity contribution in [1.82, 2.24) is 19.7 Å². The Bertz CT molecular complexity index is 717. The molecule has 3 rings (SSSR count). The molecule has 1 aliphatic rings. The van der Waals surface area contributed by atoms with Gasteiger partial charge in [0.15, 0.2) is 0 Å². The monoisotopic (exact) mass is 283 g/mol. The van der Waals surface area contributed by atoms with E-state index in [9.17, 15) is 4.79 Å². The van der Waals surface area contributed by atoms with Crippen molar-refractivity contribution in [2.24, 2.45) is 7.05 Å². The van der Waals surface area contributed by atoms with Gasteiger partial charge in [-0.2, -0.15) is 10.4 Å². The molecule has 1 fully saturated rings. The molecule has 1 N–H and O–H groups in total. The molecule has 21 heavy (non-hydrogen) atoms. The summed E-state index contributed by atoms with van der Waals surface area (Å²) in [5.74, 6) is 0.691. The van der Waals surface area contributed by atoms with Crippen molar-refractivity contribution in [1.29, 1.82) is 5.26 Å². The molecule has 3 heterocycles. The maximum absolute atomic E-state index is 12.1. The zero-order valence-electron chi connectivity index (χ0n) is 11.4. The summed E-state index contributed by atoms with van der Waals surface area (Å²) in [5.41, 5.74) is 0.784. The first-order valence-corrected chi connectivity index (χ1v) is 6.44. The average Bonchev–Trinajstić information content (AvgIpc) is 3.05. The Morgan fingerprint density at radius 3 is 3.10 bits per heavy atom. The van der Waals surface area contributed by atoms with E-state index in [2.05, 4.69) is 20.4 Å². The normalized spacial score (nSPS) is 17.8. The highest BCUT2D eigenvalue weighted by Gasteiger charge is 2.31. The van der Waals surface area contributed by atoms with Gasteiger partial charge < -0.3 is 10.2 Å². The van der Waals surface area contributed by atoms with Crippen LogP contribution in [0.25, 0.3) is 0 Å². The molecule has 8 nitrogen and oxygen atoms in total. The number of hydrogen-bond acceptors (Lipinski definition) is 6. The molecular formula is C13H13N7O. The summed E-state index contributed by atoms with van der Waals surface area (Å²) in [6.07, 6.45) is 5.36. The van der Waals surface area contributed by atoms with E-state index < -0.39 is 0 Å². The van der Waals surface area contributed by atoms with E-state index >= 15 is 0 Å². The van der Waals surface area contributed by atoms with E-state index in [0.717, 1.165) is 5.69 Å². The molecule has 0 radical (unpaired) electrons. The van der Waals surface area contributed by atoms with Crippen LogP contribution in [0.1, 0.15) is 12.2 Å². The molecule has 0 saturated carbocycles. The van der Waals surface area contributed by atoms with Crippen LogP contribution in [0.5, 0.6) is 0 Å². The SMILES string of the molecule is Cn1cc(N2CC(Nc3ccnc(C#N)n3)CC2=O)cn1. The standard InChI is InChI=1S/C13H13N7O/c1-19-8-10(6-16-19)20-7-9(4-13(20)21)17-11-2-3-15-12(5-14)18-11/h2-3,6,8-9H,4,7H2,1H3,(H,15,17,18). The molecule has 0 bridgehead atoms. The van der Waals surface area contributed by atoms with E-state index in [1.54, 1.807) is 28.0 Å². The Labute approximate surface area is 121 Å². The van der Waals surface area contributed by atoms with Crippen molar-refractivity contribution in [2.75, 3.05) is 16.8 Å². The van der Waals surface area contributed by atoms with Crippen LogP contribution in [0.4, 0.5) is 11.5 Å². The number of hydrogen-bond donors (Lipinski definition) is 1. The molecule has 1 amide bonds. The number of anilines is 2. The van der Waals surface area contributed by atoms with Crippen LogP contribution in [0.15, 0.2) is 24.7 Å². The predicted molar refractivity (Wildman–Crippen MR) is 74.3 cm³/mol. The smallest absolute Gasteiger partial charge is 0.234 e. The summed E-state index contributed by atoms with van der Waals surface area (Å²) in [5, 5.41) is 16.0. The molecule has 0 aromatic carbocycles. The van der Waals surface area contributed by atoms with E-state index in [0.29, 0.717) is 18.8 Å². The van der Waals surface area contributed by atoms with Gasteiger partial charge in [0.1, 0.15) is 11.9 Å². The van der Waals surface area contributed by atoms with Gasteiger partial charge in [0.2, 0.25) is 11.7 Å².